The molecule has 0 radical (unpaired) electrons. The third kappa shape index (κ3) is 3.79. The van der Waals surface area contributed by atoms with Gasteiger partial charge in [-0.3, -0.25) is 4.57 Å². The molecule has 0 saturated carbocycles. The molecule has 228 valence electrons. The predicted octanol–water partition coefficient (Wildman–Crippen LogP) is 11.9. The largest absolute Gasteiger partial charge is 0.309 e. The number of hydrogen-bond acceptors (Lipinski definition) is 3. The maximum absolute atomic E-state index is 5.33. The molecule has 0 N–H and O–H groups in total. The van der Waals surface area contributed by atoms with E-state index in [1.165, 1.54) is 47.2 Å². The van der Waals surface area contributed by atoms with Gasteiger partial charge in [0.15, 0.2) is 0 Å². The fourth-order valence-electron chi connectivity index (χ4n) is 7.80. The van der Waals surface area contributed by atoms with Crippen LogP contribution in [0.3, 0.4) is 0 Å². The minimum atomic E-state index is 0.664. The molecule has 11 aromatic rings. The maximum atomic E-state index is 5.33. The van der Waals surface area contributed by atoms with Gasteiger partial charge in [0, 0.05) is 58.4 Å². The smallest absolute Gasteiger partial charge is 0.235 e. The van der Waals surface area contributed by atoms with Gasteiger partial charge in [0.1, 0.15) is 0 Å². The van der Waals surface area contributed by atoms with Gasteiger partial charge in [0.25, 0.3) is 0 Å². The summed E-state index contributed by atoms with van der Waals surface area (Å²) < 4.78 is 7.32. The molecule has 7 aromatic carbocycles. The van der Waals surface area contributed by atoms with Gasteiger partial charge in [0.05, 0.1) is 33.3 Å². The van der Waals surface area contributed by atoms with E-state index in [0.717, 1.165) is 44.4 Å². The molecule has 0 aliphatic heterocycles. The van der Waals surface area contributed by atoms with E-state index in [4.69, 9.17) is 9.97 Å². The van der Waals surface area contributed by atoms with Gasteiger partial charge >= 0.3 is 0 Å². The second kappa shape index (κ2) is 10.1. The van der Waals surface area contributed by atoms with Gasteiger partial charge in [-0.2, -0.15) is 0 Å². The zero-order valence-corrected chi connectivity index (χ0v) is 27.0. The van der Waals surface area contributed by atoms with Crippen LogP contribution >= 0.6 is 11.3 Å². The number of aromatic nitrogens is 4. The molecule has 0 aliphatic carbocycles. The summed E-state index contributed by atoms with van der Waals surface area (Å²) in [5, 5.41) is 8.57. The molecule has 4 heterocycles. The third-order valence-electron chi connectivity index (χ3n) is 9.92. The van der Waals surface area contributed by atoms with Crippen molar-refractivity contribution in [3.8, 4) is 22.9 Å². The first kappa shape index (κ1) is 26.7. The van der Waals surface area contributed by atoms with Gasteiger partial charge < -0.3 is 4.57 Å². The normalized spacial score (nSPS) is 12.1. The molecule has 5 heteroatoms. The summed E-state index contributed by atoms with van der Waals surface area (Å²) in [5.41, 5.74) is 8.59. The van der Waals surface area contributed by atoms with Gasteiger partial charge in [-0.1, -0.05) is 109 Å². The summed E-state index contributed by atoms with van der Waals surface area (Å²) in [5.74, 6) is 0.664. The van der Waals surface area contributed by atoms with E-state index >= 15 is 0 Å². The van der Waals surface area contributed by atoms with Crippen LogP contribution in [-0.4, -0.2) is 19.1 Å². The lowest BCUT2D eigenvalue weighted by Crippen LogP contribution is -2.03. The van der Waals surface area contributed by atoms with Gasteiger partial charge in [-0.15, -0.1) is 11.3 Å². The fourth-order valence-corrected chi connectivity index (χ4v) is 9.05. The Bertz CT molecular complexity index is 3100. The van der Waals surface area contributed by atoms with Crippen LogP contribution in [0.5, 0.6) is 0 Å². The highest BCUT2D eigenvalue weighted by Gasteiger charge is 2.22. The average molecular weight is 643 g/mol. The lowest BCUT2D eigenvalue weighted by molar-refractivity contribution is 1.01. The molecule has 0 bridgehead atoms. The molecule has 11 rings (SSSR count). The second-order valence-electron chi connectivity index (χ2n) is 12.6. The number of thiophene rings is 1. The van der Waals surface area contributed by atoms with Gasteiger partial charge in [0.2, 0.25) is 5.95 Å². The second-order valence-corrected chi connectivity index (χ2v) is 13.7. The molecule has 0 aliphatic rings. The Kier molecular flexibility index (Phi) is 5.51. The van der Waals surface area contributed by atoms with Crippen molar-refractivity contribution in [2.45, 2.75) is 0 Å². The van der Waals surface area contributed by atoms with E-state index in [1.807, 2.05) is 17.4 Å². The maximum Gasteiger partial charge on any atom is 0.235 e. The standard InChI is InChI=1S/C44H26N4S/c1-3-13-27(14-4-1)42-32-19-7-10-20-35(32)45-44(46-42)48-36-21-11-8-17-29(36)33-25-34-39(26-38(33)48)47(28-15-5-2-6-16-28)37-24-23-31-30-18-9-12-22-40(30)49-43(31)41(34)37/h1-26H. The summed E-state index contributed by atoms with van der Waals surface area (Å²) in [4.78, 5) is 10.5. The highest BCUT2D eigenvalue weighted by atomic mass is 32.1. The number of hydrogen-bond donors (Lipinski definition) is 0. The van der Waals surface area contributed by atoms with Crippen molar-refractivity contribution in [3.05, 3.63) is 158 Å². The summed E-state index contributed by atoms with van der Waals surface area (Å²) >= 11 is 1.89. The fraction of sp³-hybridized carbons (Fsp3) is 0. The highest BCUT2D eigenvalue weighted by Crippen LogP contribution is 2.45. The van der Waals surface area contributed by atoms with Crippen LogP contribution in [0.15, 0.2) is 158 Å². The molecule has 0 atom stereocenters. The Morgan fingerprint density at radius 2 is 1.12 bits per heavy atom. The van der Waals surface area contributed by atoms with Gasteiger partial charge in [-0.25, -0.2) is 9.97 Å². The summed E-state index contributed by atoms with van der Waals surface area (Å²) in [6, 6.07) is 56.3. The Balaban J connectivity index is 1.31. The zero-order chi connectivity index (χ0) is 32.1. The van der Waals surface area contributed by atoms with Crippen LogP contribution in [0, 0.1) is 0 Å². The first-order chi connectivity index (χ1) is 24.3. The molecule has 49 heavy (non-hydrogen) atoms. The summed E-state index contributed by atoms with van der Waals surface area (Å²) in [7, 11) is 0. The van der Waals surface area contributed by atoms with Crippen LogP contribution in [0.4, 0.5) is 0 Å². The number of para-hydroxylation sites is 3. The number of benzene rings is 7. The molecular formula is C44H26N4S. The predicted molar refractivity (Wildman–Crippen MR) is 207 cm³/mol. The first-order valence-corrected chi connectivity index (χ1v) is 17.3. The van der Waals surface area contributed by atoms with Crippen LogP contribution in [0.1, 0.15) is 0 Å². The number of fused-ring (bicyclic) bond motifs is 11. The van der Waals surface area contributed by atoms with Crippen molar-refractivity contribution in [2.75, 3.05) is 0 Å². The SMILES string of the molecule is c1ccc(-c2nc(-n3c4ccccc4c4cc5c6c7sc8ccccc8c7ccc6n(-c6ccccc6)c5cc43)nc3ccccc23)cc1. The minimum Gasteiger partial charge on any atom is -0.309 e. The minimum absolute atomic E-state index is 0.664. The van der Waals surface area contributed by atoms with Crippen molar-refractivity contribution >= 4 is 86.0 Å². The van der Waals surface area contributed by atoms with Crippen LogP contribution in [0.2, 0.25) is 0 Å². The summed E-state index contributed by atoms with van der Waals surface area (Å²) in [6.07, 6.45) is 0. The van der Waals surface area contributed by atoms with Crippen molar-refractivity contribution in [1.29, 1.82) is 0 Å². The van der Waals surface area contributed by atoms with E-state index in [-0.39, 0.29) is 0 Å². The van der Waals surface area contributed by atoms with Crippen LogP contribution < -0.4 is 0 Å². The van der Waals surface area contributed by atoms with E-state index in [0.29, 0.717) is 5.95 Å². The molecule has 0 saturated heterocycles. The first-order valence-electron chi connectivity index (χ1n) is 16.5. The number of nitrogens with zero attached hydrogens (tertiary/aromatic N) is 4. The van der Waals surface area contributed by atoms with Crippen molar-refractivity contribution in [3.63, 3.8) is 0 Å². The van der Waals surface area contributed by atoms with Crippen molar-refractivity contribution < 1.29 is 0 Å². The Morgan fingerprint density at radius 3 is 1.98 bits per heavy atom. The molecule has 0 amide bonds. The molecular weight excluding hydrogens is 617 g/mol. The highest BCUT2D eigenvalue weighted by molar-refractivity contribution is 7.26. The topological polar surface area (TPSA) is 35.6 Å². The molecule has 4 aromatic heterocycles. The quantitative estimate of drug-likeness (QED) is 0.192. The molecule has 4 nitrogen and oxygen atoms in total. The molecule has 0 unspecified atom stereocenters. The Hall–Kier alpha value is -6.30. The lowest BCUT2D eigenvalue weighted by Gasteiger charge is -2.12. The summed E-state index contributed by atoms with van der Waals surface area (Å²) in [6.45, 7) is 0. The van der Waals surface area contributed by atoms with Crippen molar-refractivity contribution in [2.24, 2.45) is 0 Å². The van der Waals surface area contributed by atoms with E-state index < -0.39 is 0 Å². The monoisotopic (exact) mass is 642 g/mol. The number of rotatable bonds is 3. The average Bonchev–Trinajstić information content (AvgIpc) is 3.81. The van der Waals surface area contributed by atoms with Gasteiger partial charge in [-0.05, 0) is 48.5 Å². The Morgan fingerprint density at radius 1 is 0.429 bits per heavy atom. The van der Waals surface area contributed by atoms with E-state index in [2.05, 4.69) is 161 Å². The van der Waals surface area contributed by atoms with Crippen LogP contribution in [0.25, 0.3) is 97.6 Å². The molecule has 0 fully saturated rings. The third-order valence-corrected chi connectivity index (χ3v) is 11.1. The molecule has 0 spiro atoms. The van der Waals surface area contributed by atoms with Crippen molar-refractivity contribution in [1.82, 2.24) is 19.1 Å². The van der Waals surface area contributed by atoms with Crippen LogP contribution in [-0.2, 0) is 0 Å². The van der Waals surface area contributed by atoms with E-state index in [9.17, 15) is 0 Å². The van der Waals surface area contributed by atoms with E-state index in [1.54, 1.807) is 0 Å². The Labute approximate surface area is 284 Å². The zero-order valence-electron chi connectivity index (χ0n) is 26.2. The lowest BCUT2D eigenvalue weighted by atomic mass is 10.1.